The molecule has 0 aliphatic heterocycles. The number of hydrogen-bond donors (Lipinski definition) is 1. The van der Waals surface area contributed by atoms with Crippen molar-refractivity contribution in [2.45, 2.75) is 40.2 Å². The average molecular weight is 259 g/mol. The van der Waals surface area contributed by atoms with Gasteiger partial charge in [0.1, 0.15) is 0 Å². The lowest BCUT2D eigenvalue weighted by atomic mass is 9.87. The molecule has 102 valence electrons. The summed E-state index contributed by atoms with van der Waals surface area (Å²) in [5, 5.41) is 4.01. The first-order chi connectivity index (χ1) is 8.86. The second-order valence-corrected chi connectivity index (χ2v) is 6.06. The molecular formula is C15H21N3O. The minimum Gasteiger partial charge on any atom is -0.338 e. The van der Waals surface area contributed by atoms with Gasteiger partial charge >= 0.3 is 0 Å². The number of nitrogens with two attached hydrogens (primary N) is 1. The highest BCUT2D eigenvalue weighted by Gasteiger charge is 2.27. The van der Waals surface area contributed by atoms with Crippen molar-refractivity contribution in [2.24, 2.45) is 11.1 Å². The molecule has 4 nitrogen and oxygen atoms in total. The minimum atomic E-state index is -0.244. The Kier molecular flexibility index (Phi) is 3.71. The second kappa shape index (κ2) is 5.13. The first-order valence-electron chi connectivity index (χ1n) is 6.50. The van der Waals surface area contributed by atoms with Gasteiger partial charge in [-0.1, -0.05) is 55.8 Å². The molecule has 1 atom stereocenters. The fraction of sp³-hybridized carbons (Fsp3) is 0.467. The van der Waals surface area contributed by atoms with Crippen LogP contribution < -0.4 is 5.73 Å². The Balaban J connectivity index is 2.14. The molecule has 0 spiro atoms. The Morgan fingerprint density at radius 3 is 2.68 bits per heavy atom. The van der Waals surface area contributed by atoms with Gasteiger partial charge < -0.3 is 10.3 Å². The Morgan fingerprint density at radius 2 is 2.05 bits per heavy atom. The second-order valence-electron chi connectivity index (χ2n) is 6.06. The molecule has 2 N–H and O–H groups in total. The molecule has 0 aliphatic carbocycles. The van der Waals surface area contributed by atoms with Gasteiger partial charge in [0.2, 0.25) is 5.89 Å². The summed E-state index contributed by atoms with van der Waals surface area (Å²) in [6.07, 6.45) is 0.669. The molecule has 19 heavy (non-hydrogen) atoms. The normalized spacial score (nSPS) is 13.5. The molecule has 0 radical (unpaired) electrons. The van der Waals surface area contributed by atoms with Gasteiger partial charge in [-0.2, -0.15) is 4.98 Å². The molecule has 0 aliphatic rings. The summed E-state index contributed by atoms with van der Waals surface area (Å²) >= 11 is 0. The zero-order valence-electron chi connectivity index (χ0n) is 12.0. The quantitative estimate of drug-likeness (QED) is 0.920. The van der Waals surface area contributed by atoms with E-state index in [-0.39, 0.29) is 11.5 Å². The van der Waals surface area contributed by atoms with Crippen LogP contribution in [0, 0.1) is 12.3 Å². The van der Waals surface area contributed by atoms with Gasteiger partial charge in [-0.3, -0.25) is 0 Å². The summed E-state index contributed by atoms with van der Waals surface area (Å²) in [7, 11) is 0. The summed E-state index contributed by atoms with van der Waals surface area (Å²) in [5.74, 6) is 1.19. The molecule has 0 saturated carbocycles. The van der Waals surface area contributed by atoms with Gasteiger partial charge in [-0.05, 0) is 17.9 Å². The summed E-state index contributed by atoms with van der Waals surface area (Å²) < 4.78 is 5.27. The highest BCUT2D eigenvalue weighted by Crippen LogP contribution is 2.29. The van der Waals surface area contributed by atoms with E-state index in [1.165, 1.54) is 11.1 Å². The van der Waals surface area contributed by atoms with Crippen LogP contribution in [0.1, 0.15) is 49.7 Å². The molecule has 1 heterocycles. The largest absolute Gasteiger partial charge is 0.338 e. The van der Waals surface area contributed by atoms with E-state index in [2.05, 4.69) is 56.0 Å². The fourth-order valence-electron chi connectivity index (χ4n) is 1.84. The van der Waals surface area contributed by atoms with Crippen LogP contribution in [-0.2, 0) is 6.42 Å². The molecule has 2 aromatic rings. The number of hydrogen-bond acceptors (Lipinski definition) is 4. The van der Waals surface area contributed by atoms with Crippen molar-refractivity contribution in [3.63, 3.8) is 0 Å². The third-order valence-corrected chi connectivity index (χ3v) is 3.13. The van der Waals surface area contributed by atoms with Crippen LogP contribution in [0.4, 0.5) is 0 Å². The van der Waals surface area contributed by atoms with Gasteiger partial charge in [0.15, 0.2) is 5.82 Å². The lowest BCUT2D eigenvalue weighted by Crippen LogP contribution is -2.26. The van der Waals surface area contributed by atoms with E-state index >= 15 is 0 Å². The van der Waals surface area contributed by atoms with E-state index in [1.807, 2.05) is 6.07 Å². The standard InChI is InChI=1S/C15H21N3O/c1-10-6-5-7-11(8-10)9-12-17-14(19-18-12)13(16)15(2,3)4/h5-8,13H,9,16H2,1-4H3. The van der Waals surface area contributed by atoms with E-state index in [1.54, 1.807) is 0 Å². The molecule has 0 saturated heterocycles. The van der Waals surface area contributed by atoms with Crippen molar-refractivity contribution in [3.05, 3.63) is 47.1 Å². The van der Waals surface area contributed by atoms with Crippen molar-refractivity contribution in [1.82, 2.24) is 10.1 Å². The highest BCUT2D eigenvalue weighted by molar-refractivity contribution is 5.24. The van der Waals surface area contributed by atoms with E-state index in [0.717, 1.165) is 0 Å². The minimum absolute atomic E-state index is 0.0901. The molecule has 4 heteroatoms. The molecule has 1 aromatic carbocycles. The Labute approximate surface area is 114 Å². The van der Waals surface area contributed by atoms with E-state index in [0.29, 0.717) is 18.1 Å². The summed E-state index contributed by atoms with van der Waals surface area (Å²) in [6.45, 7) is 8.24. The van der Waals surface area contributed by atoms with Crippen LogP contribution in [-0.4, -0.2) is 10.1 Å². The molecule has 0 amide bonds. The zero-order chi connectivity index (χ0) is 14.0. The molecule has 1 unspecified atom stereocenters. The van der Waals surface area contributed by atoms with E-state index in [4.69, 9.17) is 10.3 Å². The van der Waals surface area contributed by atoms with Crippen LogP contribution in [0.5, 0.6) is 0 Å². The summed E-state index contributed by atoms with van der Waals surface area (Å²) in [4.78, 5) is 4.40. The van der Waals surface area contributed by atoms with Crippen LogP contribution in [0.3, 0.4) is 0 Å². The smallest absolute Gasteiger partial charge is 0.244 e. The summed E-state index contributed by atoms with van der Waals surface area (Å²) in [6, 6.07) is 8.05. The van der Waals surface area contributed by atoms with Crippen molar-refractivity contribution in [3.8, 4) is 0 Å². The first kappa shape index (κ1) is 13.7. The molecule has 1 aromatic heterocycles. The summed E-state index contributed by atoms with van der Waals surface area (Å²) in [5.41, 5.74) is 8.42. The molecule has 2 rings (SSSR count). The van der Waals surface area contributed by atoms with Gasteiger partial charge in [0, 0.05) is 6.42 Å². The number of rotatable bonds is 3. The Hall–Kier alpha value is -1.68. The lowest BCUT2D eigenvalue weighted by molar-refractivity contribution is 0.252. The SMILES string of the molecule is Cc1cccc(Cc2noc(C(N)C(C)(C)C)n2)c1. The van der Waals surface area contributed by atoms with Crippen molar-refractivity contribution < 1.29 is 4.52 Å². The predicted octanol–water partition coefficient (Wildman–Crippen LogP) is 3.01. The third-order valence-electron chi connectivity index (χ3n) is 3.13. The zero-order valence-corrected chi connectivity index (χ0v) is 12.0. The maximum atomic E-state index is 6.11. The predicted molar refractivity (Wildman–Crippen MR) is 74.7 cm³/mol. The maximum absolute atomic E-state index is 6.11. The van der Waals surface area contributed by atoms with Gasteiger partial charge in [0.05, 0.1) is 6.04 Å². The van der Waals surface area contributed by atoms with Crippen LogP contribution >= 0.6 is 0 Å². The van der Waals surface area contributed by atoms with Crippen molar-refractivity contribution >= 4 is 0 Å². The number of aromatic nitrogens is 2. The van der Waals surface area contributed by atoms with Gasteiger partial charge in [0.25, 0.3) is 0 Å². The fourth-order valence-corrected chi connectivity index (χ4v) is 1.84. The monoisotopic (exact) mass is 259 g/mol. The van der Waals surface area contributed by atoms with Gasteiger partial charge in [-0.15, -0.1) is 0 Å². The number of nitrogens with zero attached hydrogens (tertiary/aromatic N) is 2. The molecule has 0 fully saturated rings. The third kappa shape index (κ3) is 3.41. The van der Waals surface area contributed by atoms with Gasteiger partial charge in [-0.25, -0.2) is 0 Å². The van der Waals surface area contributed by atoms with Crippen LogP contribution in [0.25, 0.3) is 0 Å². The molecule has 0 bridgehead atoms. The molecular weight excluding hydrogens is 238 g/mol. The Bertz CT molecular complexity index is 555. The van der Waals surface area contributed by atoms with Crippen molar-refractivity contribution in [2.75, 3.05) is 0 Å². The van der Waals surface area contributed by atoms with Crippen LogP contribution in [0.2, 0.25) is 0 Å². The topological polar surface area (TPSA) is 64.9 Å². The van der Waals surface area contributed by atoms with Crippen molar-refractivity contribution in [1.29, 1.82) is 0 Å². The maximum Gasteiger partial charge on any atom is 0.244 e. The number of aryl methyl sites for hydroxylation is 1. The first-order valence-corrected chi connectivity index (χ1v) is 6.50. The number of benzene rings is 1. The highest BCUT2D eigenvalue weighted by atomic mass is 16.5. The Morgan fingerprint density at radius 1 is 1.32 bits per heavy atom. The van der Waals surface area contributed by atoms with E-state index < -0.39 is 0 Å². The lowest BCUT2D eigenvalue weighted by Gasteiger charge is -2.23. The van der Waals surface area contributed by atoms with Crippen LogP contribution in [0.15, 0.2) is 28.8 Å². The average Bonchev–Trinajstić information content (AvgIpc) is 2.75. The van der Waals surface area contributed by atoms with E-state index in [9.17, 15) is 0 Å².